The minimum absolute atomic E-state index is 0.0598. The maximum Gasteiger partial charge on any atom is 0.341 e. The van der Waals surface area contributed by atoms with Gasteiger partial charge in [0.2, 0.25) is 0 Å². The van der Waals surface area contributed by atoms with Crippen molar-refractivity contribution in [2.45, 2.75) is 19.4 Å². The highest BCUT2D eigenvalue weighted by Crippen LogP contribution is 2.19. The molecule has 0 aliphatic carbocycles. The van der Waals surface area contributed by atoms with Gasteiger partial charge in [0.05, 0.1) is 17.1 Å². The molecule has 1 fully saturated rings. The van der Waals surface area contributed by atoms with E-state index in [1.807, 2.05) is 0 Å². The van der Waals surface area contributed by atoms with E-state index in [0.29, 0.717) is 0 Å². The molecule has 0 aromatic heterocycles. The van der Waals surface area contributed by atoms with Crippen molar-refractivity contribution in [3.63, 3.8) is 0 Å². The first kappa shape index (κ1) is 13.9. The van der Waals surface area contributed by atoms with Crippen LogP contribution in [0, 0.1) is 18.6 Å². The number of benzene rings is 1. The Balaban J connectivity index is 2.15. The van der Waals surface area contributed by atoms with E-state index in [9.17, 15) is 22.0 Å². The van der Waals surface area contributed by atoms with E-state index in [2.05, 4.69) is 0 Å². The second-order valence-electron chi connectivity index (χ2n) is 4.51. The molecule has 0 radical (unpaired) electrons. The first-order valence-corrected chi connectivity index (χ1v) is 7.48. The summed E-state index contributed by atoms with van der Waals surface area (Å²) in [4.78, 5) is 11.7. The summed E-state index contributed by atoms with van der Waals surface area (Å²) < 4.78 is 54.1. The molecule has 1 atom stereocenters. The smallest absolute Gasteiger partial charge is 0.341 e. The van der Waals surface area contributed by atoms with Crippen molar-refractivity contribution in [2.24, 2.45) is 0 Å². The van der Waals surface area contributed by atoms with Crippen LogP contribution in [0.2, 0.25) is 0 Å². The van der Waals surface area contributed by atoms with E-state index in [4.69, 9.17) is 4.74 Å². The summed E-state index contributed by atoms with van der Waals surface area (Å²) in [5, 5.41) is 0. The van der Waals surface area contributed by atoms with Gasteiger partial charge in [-0.15, -0.1) is 0 Å². The van der Waals surface area contributed by atoms with Gasteiger partial charge in [0.25, 0.3) is 0 Å². The van der Waals surface area contributed by atoms with E-state index in [1.54, 1.807) is 0 Å². The minimum Gasteiger partial charge on any atom is -0.458 e. The lowest BCUT2D eigenvalue weighted by Gasteiger charge is -2.11. The van der Waals surface area contributed by atoms with Gasteiger partial charge in [-0.05, 0) is 31.0 Å². The van der Waals surface area contributed by atoms with Crippen molar-refractivity contribution in [1.82, 2.24) is 0 Å². The van der Waals surface area contributed by atoms with E-state index in [-0.39, 0.29) is 23.5 Å². The number of esters is 1. The third-order valence-corrected chi connectivity index (χ3v) is 4.67. The van der Waals surface area contributed by atoms with Crippen LogP contribution in [-0.2, 0) is 14.6 Å². The number of rotatable bonds is 2. The van der Waals surface area contributed by atoms with Gasteiger partial charge in [0.1, 0.15) is 17.7 Å². The van der Waals surface area contributed by atoms with Gasteiger partial charge in [-0.3, -0.25) is 0 Å². The van der Waals surface area contributed by atoms with Crippen LogP contribution in [0.5, 0.6) is 0 Å². The van der Waals surface area contributed by atoms with Gasteiger partial charge < -0.3 is 4.74 Å². The number of carbonyl (C=O) groups is 1. The van der Waals surface area contributed by atoms with Gasteiger partial charge in [0, 0.05) is 0 Å². The van der Waals surface area contributed by atoms with Crippen molar-refractivity contribution in [2.75, 3.05) is 11.5 Å². The Bertz CT molecular complexity index is 625. The zero-order valence-electron chi connectivity index (χ0n) is 10.2. The maximum atomic E-state index is 13.5. The molecular weight excluding hydrogens is 278 g/mol. The second-order valence-corrected chi connectivity index (χ2v) is 6.74. The molecule has 7 heteroatoms. The molecule has 0 bridgehead atoms. The predicted molar refractivity (Wildman–Crippen MR) is 63.6 cm³/mol. The van der Waals surface area contributed by atoms with Gasteiger partial charge >= 0.3 is 5.97 Å². The average molecular weight is 290 g/mol. The molecule has 0 spiro atoms. The van der Waals surface area contributed by atoms with E-state index in [1.165, 1.54) is 6.92 Å². The van der Waals surface area contributed by atoms with Gasteiger partial charge in [-0.2, -0.15) is 0 Å². The van der Waals surface area contributed by atoms with Crippen LogP contribution in [0.25, 0.3) is 0 Å². The van der Waals surface area contributed by atoms with Crippen LogP contribution in [0.4, 0.5) is 8.78 Å². The Labute approximate surface area is 109 Å². The van der Waals surface area contributed by atoms with Crippen molar-refractivity contribution < 1.29 is 26.7 Å². The number of carbonyl (C=O) groups excluding carboxylic acids is 1. The Hall–Kier alpha value is -1.50. The largest absolute Gasteiger partial charge is 0.458 e. The molecule has 4 nitrogen and oxygen atoms in total. The highest BCUT2D eigenvalue weighted by Gasteiger charge is 2.31. The first-order valence-electron chi connectivity index (χ1n) is 5.65. The Morgan fingerprint density at radius 2 is 2.00 bits per heavy atom. The summed E-state index contributed by atoms with van der Waals surface area (Å²) in [5.41, 5.74) is -0.440. The highest BCUT2D eigenvalue weighted by molar-refractivity contribution is 7.91. The molecule has 0 unspecified atom stereocenters. The average Bonchev–Trinajstić information content (AvgIpc) is 2.63. The number of ether oxygens (including phenoxy) is 1. The molecule has 1 aromatic rings. The summed E-state index contributed by atoms with van der Waals surface area (Å²) in [6, 6.07) is 1.66. The number of hydrogen-bond donors (Lipinski definition) is 0. The van der Waals surface area contributed by atoms with Crippen LogP contribution in [0.3, 0.4) is 0 Å². The van der Waals surface area contributed by atoms with Crippen LogP contribution in [0.1, 0.15) is 22.3 Å². The SMILES string of the molecule is Cc1cc(F)c(C(=O)O[C@@H]2CCS(=O)(=O)C2)cc1F. The molecule has 1 heterocycles. The van der Waals surface area contributed by atoms with E-state index < -0.39 is 39.1 Å². The van der Waals surface area contributed by atoms with Crippen LogP contribution in [0.15, 0.2) is 12.1 Å². The Kier molecular flexibility index (Phi) is 3.58. The topological polar surface area (TPSA) is 60.4 Å². The predicted octanol–water partition coefficient (Wildman–Crippen LogP) is 1.62. The first-order chi connectivity index (χ1) is 8.78. The fourth-order valence-corrected chi connectivity index (χ4v) is 3.46. The molecule has 19 heavy (non-hydrogen) atoms. The van der Waals surface area contributed by atoms with Crippen LogP contribution in [-0.4, -0.2) is 32.0 Å². The molecule has 2 rings (SSSR count). The molecule has 1 aromatic carbocycles. The minimum atomic E-state index is -3.19. The number of aryl methyl sites for hydroxylation is 1. The third-order valence-electron chi connectivity index (χ3n) is 2.93. The maximum absolute atomic E-state index is 13.5. The summed E-state index contributed by atoms with van der Waals surface area (Å²) in [5.74, 6) is -2.97. The second kappa shape index (κ2) is 4.88. The molecule has 0 saturated carbocycles. The number of sulfone groups is 1. The molecule has 1 aliphatic heterocycles. The Morgan fingerprint density at radius 3 is 2.58 bits per heavy atom. The zero-order valence-corrected chi connectivity index (χ0v) is 11.0. The molecular formula is C12H12F2O4S. The van der Waals surface area contributed by atoms with E-state index in [0.717, 1.165) is 12.1 Å². The van der Waals surface area contributed by atoms with Gasteiger partial charge in [0.15, 0.2) is 9.84 Å². The van der Waals surface area contributed by atoms with E-state index >= 15 is 0 Å². The van der Waals surface area contributed by atoms with Crippen LogP contribution < -0.4 is 0 Å². The highest BCUT2D eigenvalue weighted by atomic mass is 32.2. The zero-order chi connectivity index (χ0) is 14.2. The molecule has 0 amide bonds. The molecule has 104 valence electrons. The lowest BCUT2D eigenvalue weighted by atomic mass is 10.1. The van der Waals surface area contributed by atoms with Crippen molar-refractivity contribution in [3.8, 4) is 0 Å². The fourth-order valence-electron chi connectivity index (χ4n) is 1.87. The standard InChI is InChI=1S/C12H12F2O4S/c1-7-4-11(14)9(5-10(7)13)12(15)18-8-2-3-19(16,17)6-8/h4-5,8H,2-3,6H2,1H3/t8-/m1/s1. The lowest BCUT2D eigenvalue weighted by Crippen LogP contribution is -2.20. The lowest BCUT2D eigenvalue weighted by molar-refractivity contribution is 0.0350. The summed E-state index contributed by atoms with van der Waals surface area (Å²) in [7, 11) is -3.19. The quantitative estimate of drug-likeness (QED) is 0.777. The normalized spacial score (nSPS) is 21.3. The van der Waals surface area contributed by atoms with Gasteiger partial charge in [-0.1, -0.05) is 0 Å². The number of hydrogen-bond acceptors (Lipinski definition) is 4. The summed E-state index contributed by atoms with van der Waals surface area (Å²) in [6.07, 6.45) is -0.606. The summed E-state index contributed by atoms with van der Waals surface area (Å²) >= 11 is 0. The van der Waals surface area contributed by atoms with Crippen molar-refractivity contribution in [3.05, 3.63) is 34.9 Å². The Morgan fingerprint density at radius 1 is 1.32 bits per heavy atom. The van der Waals surface area contributed by atoms with Crippen LogP contribution >= 0.6 is 0 Å². The number of halogens is 2. The molecule has 0 N–H and O–H groups in total. The molecule has 1 saturated heterocycles. The van der Waals surface area contributed by atoms with Gasteiger partial charge in [-0.25, -0.2) is 22.0 Å². The van der Waals surface area contributed by atoms with Crippen molar-refractivity contribution in [1.29, 1.82) is 0 Å². The third kappa shape index (κ3) is 3.09. The van der Waals surface area contributed by atoms with Crippen molar-refractivity contribution >= 4 is 15.8 Å². The molecule has 1 aliphatic rings. The monoisotopic (exact) mass is 290 g/mol. The fraction of sp³-hybridized carbons (Fsp3) is 0.417. The summed E-state index contributed by atoms with van der Waals surface area (Å²) in [6.45, 7) is 1.37.